The summed E-state index contributed by atoms with van der Waals surface area (Å²) in [6, 6.07) is 5.92. The molecule has 1 heterocycles. The minimum Gasteiger partial charge on any atom is -0.495 e. The highest BCUT2D eigenvalue weighted by molar-refractivity contribution is 5.97. The Morgan fingerprint density at radius 2 is 2.10 bits per heavy atom. The first-order chi connectivity index (χ1) is 9.42. The number of aryl methyl sites for hydroxylation is 1. The summed E-state index contributed by atoms with van der Waals surface area (Å²) in [6.45, 7) is 6.67. The van der Waals surface area contributed by atoms with E-state index in [0.29, 0.717) is 0 Å². The lowest BCUT2D eigenvalue weighted by atomic mass is 10.0. The van der Waals surface area contributed by atoms with E-state index in [1.54, 1.807) is 12.0 Å². The molecule has 2 rings (SSSR count). The molecule has 1 aromatic rings. The number of carbonyl (C=O) groups excluding carboxylic acids is 1. The number of hydrogen-bond donors (Lipinski definition) is 0. The third kappa shape index (κ3) is 3.31. The molecule has 0 radical (unpaired) electrons. The number of amides is 1. The van der Waals surface area contributed by atoms with Gasteiger partial charge in [0.15, 0.2) is 0 Å². The molecule has 0 fully saturated rings. The number of anilines is 1. The topological polar surface area (TPSA) is 38.8 Å². The Morgan fingerprint density at radius 1 is 1.35 bits per heavy atom. The molecule has 4 heteroatoms. The first-order valence-electron chi connectivity index (χ1n) is 7.02. The maximum absolute atomic E-state index is 12.4. The number of hydrogen-bond acceptors (Lipinski definition) is 3. The largest absolute Gasteiger partial charge is 0.495 e. The summed E-state index contributed by atoms with van der Waals surface area (Å²) < 4.78 is 11.0. The lowest BCUT2D eigenvalue weighted by Crippen LogP contribution is -2.39. The Balaban J connectivity index is 2.21. The minimum atomic E-state index is -0.310. The van der Waals surface area contributed by atoms with Gasteiger partial charge in [-0.25, -0.2) is 0 Å². The molecular weight excluding hydrogens is 254 g/mol. The third-order valence-electron chi connectivity index (χ3n) is 3.33. The van der Waals surface area contributed by atoms with Gasteiger partial charge >= 0.3 is 0 Å². The van der Waals surface area contributed by atoms with E-state index in [1.165, 1.54) is 5.56 Å². The first-order valence-corrected chi connectivity index (χ1v) is 7.02. The van der Waals surface area contributed by atoms with Crippen molar-refractivity contribution in [2.45, 2.75) is 39.2 Å². The fourth-order valence-electron chi connectivity index (χ4n) is 2.39. The lowest BCUT2D eigenvalue weighted by Gasteiger charge is -2.31. The standard InChI is InChI=1S/C16H23NO3/c1-16(2,3)20-11-14(18)17-10-6-8-12-7-5-9-13(19-4)15(12)17/h5,7,9H,6,8,10-11H2,1-4H3. The zero-order chi connectivity index (χ0) is 14.8. The number of para-hydroxylation sites is 1. The van der Waals surface area contributed by atoms with Gasteiger partial charge in [0.05, 0.1) is 18.4 Å². The number of carbonyl (C=O) groups is 1. The number of fused-ring (bicyclic) bond motifs is 1. The van der Waals surface area contributed by atoms with E-state index in [-0.39, 0.29) is 18.1 Å². The zero-order valence-corrected chi connectivity index (χ0v) is 12.7. The Hall–Kier alpha value is -1.55. The van der Waals surface area contributed by atoms with Crippen LogP contribution in [0.3, 0.4) is 0 Å². The predicted molar refractivity (Wildman–Crippen MR) is 79.4 cm³/mol. The van der Waals surface area contributed by atoms with Crippen LogP contribution in [0.2, 0.25) is 0 Å². The molecule has 1 aromatic carbocycles. The smallest absolute Gasteiger partial charge is 0.253 e. The Kier molecular flexibility index (Phi) is 4.33. The molecule has 0 saturated carbocycles. The van der Waals surface area contributed by atoms with E-state index in [2.05, 4.69) is 6.07 Å². The van der Waals surface area contributed by atoms with Gasteiger partial charge in [-0.15, -0.1) is 0 Å². The molecule has 1 aliphatic heterocycles. The summed E-state index contributed by atoms with van der Waals surface area (Å²) in [6.07, 6.45) is 1.96. The number of benzene rings is 1. The molecule has 0 unspecified atom stereocenters. The van der Waals surface area contributed by atoms with Gasteiger partial charge in [0.1, 0.15) is 12.4 Å². The second-order valence-corrected chi connectivity index (χ2v) is 6.02. The maximum atomic E-state index is 12.4. The highest BCUT2D eigenvalue weighted by Crippen LogP contribution is 2.36. The Bertz CT molecular complexity index is 477. The number of ether oxygens (including phenoxy) is 2. The van der Waals surface area contributed by atoms with Crippen LogP contribution < -0.4 is 9.64 Å². The van der Waals surface area contributed by atoms with Crippen molar-refractivity contribution in [3.8, 4) is 5.75 Å². The van der Waals surface area contributed by atoms with Gasteiger partial charge in [-0.2, -0.15) is 0 Å². The van der Waals surface area contributed by atoms with Gasteiger partial charge in [-0.3, -0.25) is 4.79 Å². The van der Waals surface area contributed by atoms with Crippen molar-refractivity contribution in [2.24, 2.45) is 0 Å². The fourth-order valence-corrected chi connectivity index (χ4v) is 2.39. The molecule has 110 valence electrons. The summed E-state index contributed by atoms with van der Waals surface area (Å²) >= 11 is 0. The van der Waals surface area contributed by atoms with Gasteiger partial charge in [0.2, 0.25) is 0 Å². The van der Waals surface area contributed by atoms with Gasteiger partial charge in [-0.1, -0.05) is 12.1 Å². The maximum Gasteiger partial charge on any atom is 0.253 e. The fraction of sp³-hybridized carbons (Fsp3) is 0.562. The third-order valence-corrected chi connectivity index (χ3v) is 3.33. The van der Waals surface area contributed by atoms with Crippen molar-refractivity contribution in [1.29, 1.82) is 0 Å². The summed E-state index contributed by atoms with van der Waals surface area (Å²) in [5.41, 5.74) is 1.76. The SMILES string of the molecule is COc1cccc2c1N(C(=O)COC(C)(C)C)CCC2. The molecule has 0 bridgehead atoms. The molecule has 1 aliphatic rings. The molecule has 0 aromatic heterocycles. The van der Waals surface area contributed by atoms with Crippen molar-refractivity contribution in [1.82, 2.24) is 0 Å². The molecule has 1 amide bonds. The monoisotopic (exact) mass is 277 g/mol. The lowest BCUT2D eigenvalue weighted by molar-refractivity contribution is -0.128. The minimum absolute atomic E-state index is 0.00891. The molecule has 0 saturated heterocycles. The number of rotatable bonds is 3. The van der Waals surface area contributed by atoms with E-state index < -0.39 is 0 Å². The van der Waals surface area contributed by atoms with Crippen molar-refractivity contribution in [3.63, 3.8) is 0 Å². The van der Waals surface area contributed by atoms with E-state index in [9.17, 15) is 4.79 Å². The van der Waals surface area contributed by atoms with Crippen LogP contribution in [0.5, 0.6) is 5.75 Å². The van der Waals surface area contributed by atoms with E-state index in [1.807, 2.05) is 32.9 Å². The van der Waals surface area contributed by atoms with Gasteiger partial charge in [0.25, 0.3) is 5.91 Å². The van der Waals surface area contributed by atoms with Crippen LogP contribution in [0.4, 0.5) is 5.69 Å². The van der Waals surface area contributed by atoms with Crippen molar-refractivity contribution >= 4 is 11.6 Å². The molecule has 0 aliphatic carbocycles. The second-order valence-electron chi connectivity index (χ2n) is 6.02. The van der Waals surface area contributed by atoms with Crippen LogP contribution in [0, 0.1) is 0 Å². The van der Waals surface area contributed by atoms with Crippen LogP contribution in [0.25, 0.3) is 0 Å². The molecular formula is C16H23NO3. The average Bonchev–Trinajstić information content (AvgIpc) is 2.42. The average molecular weight is 277 g/mol. The molecule has 0 atom stereocenters. The zero-order valence-electron chi connectivity index (χ0n) is 12.7. The van der Waals surface area contributed by atoms with Crippen molar-refractivity contribution in [2.75, 3.05) is 25.2 Å². The number of nitrogens with zero attached hydrogens (tertiary/aromatic N) is 1. The van der Waals surface area contributed by atoms with Gasteiger partial charge in [-0.05, 0) is 45.2 Å². The van der Waals surface area contributed by atoms with Crippen molar-refractivity contribution < 1.29 is 14.3 Å². The molecule has 0 spiro atoms. The van der Waals surface area contributed by atoms with Crippen LogP contribution in [0.1, 0.15) is 32.8 Å². The molecule has 20 heavy (non-hydrogen) atoms. The number of methoxy groups -OCH3 is 1. The highest BCUT2D eigenvalue weighted by atomic mass is 16.5. The summed E-state index contributed by atoms with van der Waals surface area (Å²) in [5.74, 6) is 0.747. The highest BCUT2D eigenvalue weighted by Gasteiger charge is 2.26. The van der Waals surface area contributed by atoms with Crippen LogP contribution >= 0.6 is 0 Å². The van der Waals surface area contributed by atoms with E-state index in [4.69, 9.17) is 9.47 Å². The second kappa shape index (κ2) is 5.83. The van der Waals surface area contributed by atoms with E-state index >= 15 is 0 Å². The molecule has 4 nitrogen and oxygen atoms in total. The summed E-state index contributed by atoms with van der Waals surface area (Å²) in [7, 11) is 1.64. The summed E-state index contributed by atoms with van der Waals surface area (Å²) in [4.78, 5) is 14.2. The van der Waals surface area contributed by atoms with Crippen molar-refractivity contribution in [3.05, 3.63) is 23.8 Å². The predicted octanol–water partition coefficient (Wildman–Crippen LogP) is 2.79. The van der Waals surface area contributed by atoms with E-state index in [0.717, 1.165) is 30.8 Å². The summed E-state index contributed by atoms with van der Waals surface area (Å²) in [5, 5.41) is 0. The van der Waals surface area contributed by atoms with Gasteiger partial charge in [0, 0.05) is 6.54 Å². The first kappa shape index (κ1) is 14.9. The normalized spacial score (nSPS) is 14.9. The van der Waals surface area contributed by atoms with Crippen LogP contribution in [-0.2, 0) is 16.0 Å². The molecule has 0 N–H and O–H groups in total. The Labute approximate surface area is 120 Å². The van der Waals surface area contributed by atoms with Gasteiger partial charge < -0.3 is 14.4 Å². The Morgan fingerprint density at radius 3 is 2.75 bits per heavy atom. The van der Waals surface area contributed by atoms with Crippen LogP contribution in [-0.4, -0.2) is 31.8 Å². The quantitative estimate of drug-likeness (QED) is 0.852. The van der Waals surface area contributed by atoms with Crippen LogP contribution in [0.15, 0.2) is 18.2 Å².